The lowest BCUT2D eigenvalue weighted by Crippen LogP contribution is -2.45. The van der Waals surface area contributed by atoms with Gasteiger partial charge in [-0.05, 0) is 26.3 Å². The maximum atomic E-state index is 12.1. The van der Waals surface area contributed by atoms with Gasteiger partial charge in [0.05, 0.1) is 0 Å². The Bertz CT molecular complexity index is 548. The number of hydrogen-bond acceptors (Lipinski definition) is 5. The van der Waals surface area contributed by atoms with Crippen molar-refractivity contribution in [3.63, 3.8) is 0 Å². The summed E-state index contributed by atoms with van der Waals surface area (Å²) in [5, 5.41) is 4.53. The molecule has 0 amide bonds. The van der Waals surface area contributed by atoms with Gasteiger partial charge < -0.3 is 0 Å². The van der Waals surface area contributed by atoms with Gasteiger partial charge in [0.2, 0.25) is 0 Å². The van der Waals surface area contributed by atoms with E-state index < -0.39 is 0 Å². The van der Waals surface area contributed by atoms with Gasteiger partial charge in [0.15, 0.2) is 0 Å². The van der Waals surface area contributed by atoms with E-state index in [1.165, 1.54) is 40.7 Å². The summed E-state index contributed by atoms with van der Waals surface area (Å²) in [5.74, 6) is 6.47. The molecule has 2 aliphatic rings. The van der Waals surface area contributed by atoms with E-state index >= 15 is 0 Å². The number of nitrogens with zero attached hydrogens (tertiary/aromatic N) is 4. The first-order valence-corrected chi connectivity index (χ1v) is 10.5. The molecule has 7 heteroatoms. The molecular formula is C15H26N4OS2. The molecule has 0 unspecified atom stereocenters. The first kappa shape index (κ1) is 16.5. The van der Waals surface area contributed by atoms with Crippen LogP contribution >= 0.6 is 23.5 Å². The Morgan fingerprint density at radius 3 is 2.68 bits per heavy atom. The molecular weight excluding hydrogens is 316 g/mol. The Kier molecular flexibility index (Phi) is 5.57. The van der Waals surface area contributed by atoms with E-state index in [1.54, 1.807) is 7.05 Å². The molecule has 1 aromatic rings. The number of aromatic nitrogens is 3. The van der Waals surface area contributed by atoms with Crippen LogP contribution in [0.2, 0.25) is 0 Å². The second kappa shape index (κ2) is 7.45. The molecule has 22 heavy (non-hydrogen) atoms. The van der Waals surface area contributed by atoms with Crippen molar-refractivity contribution in [2.45, 2.75) is 38.3 Å². The Balaban J connectivity index is 1.75. The summed E-state index contributed by atoms with van der Waals surface area (Å²) < 4.78 is 3.35. The highest BCUT2D eigenvalue weighted by Gasteiger charge is 2.30. The van der Waals surface area contributed by atoms with E-state index in [2.05, 4.69) is 33.5 Å². The van der Waals surface area contributed by atoms with Crippen LogP contribution in [0.4, 0.5) is 0 Å². The molecule has 2 aliphatic heterocycles. The third-order valence-electron chi connectivity index (χ3n) is 4.68. The molecule has 0 spiro atoms. The van der Waals surface area contributed by atoms with Gasteiger partial charge in [-0.3, -0.25) is 9.47 Å². The largest absolute Gasteiger partial charge is 0.345 e. The topological polar surface area (TPSA) is 43.1 Å². The molecule has 2 fully saturated rings. The van der Waals surface area contributed by atoms with Gasteiger partial charge in [-0.25, -0.2) is 9.48 Å². The quantitative estimate of drug-likeness (QED) is 0.835. The van der Waals surface area contributed by atoms with Crippen molar-refractivity contribution in [1.82, 2.24) is 19.2 Å². The third kappa shape index (κ3) is 3.41. The highest BCUT2D eigenvalue weighted by molar-refractivity contribution is 8.03. The lowest BCUT2D eigenvalue weighted by molar-refractivity contribution is 0.168. The minimum atomic E-state index is 0.0233. The summed E-state index contributed by atoms with van der Waals surface area (Å²) in [5.41, 5.74) is 0.0233. The Hall–Kier alpha value is -0.400. The Labute approximate surface area is 140 Å². The molecule has 2 saturated heterocycles. The van der Waals surface area contributed by atoms with Crippen molar-refractivity contribution >= 4 is 23.5 Å². The van der Waals surface area contributed by atoms with Crippen LogP contribution < -0.4 is 5.69 Å². The molecule has 1 atom stereocenters. The summed E-state index contributed by atoms with van der Waals surface area (Å²) in [6.45, 7) is 5.01. The monoisotopic (exact) mass is 342 g/mol. The molecule has 0 aromatic carbocycles. The molecule has 0 saturated carbocycles. The molecule has 124 valence electrons. The Morgan fingerprint density at radius 2 is 2.00 bits per heavy atom. The average Bonchev–Trinajstić information content (AvgIpc) is 2.75. The van der Waals surface area contributed by atoms with Crippen molar-refractivity contribution in [2.24, 2.45) is 7.05 Å². The van der Waals surface area contributed by atoms with Gasteiger partial charge in [0.25, 0.3) is 0 Å². The van der Waals surface area contributed by atoms with E-state index in [-0.39, 0.29) is 5.69 Å². The molecule has 5 nitrogen and oxygen atoms in total. The second-order valence-electron chi connectivity index (χ2n) is 6.15. The van der Waals surface area contributed by atoms with E-state index in [0.717, 1.165) is 18.8 Å². The van der Waals surface area contributed by atoms with Crippen molar-refractivity contribution in [2.75, 3.05) is 36.1 Å². The van der Waals surface area contributed by atoms with Crippen molar-refractivity contribution in [3.05, 3.63) is 16.3 Å². The predicted octanol–water partition coefficient (Wildman–Crippen LogP) is 1.63. The third-order valence-corrected chi connectivity index (χ3v) is 7.16. The van der Waals surface area contributed by atoms with Crippen LogP contribution in [0.25, 0.3) is 0 Å². The van der Waals surface area contributed by atoms with Gasteiger partial charge in [-0.2, -0.15) is 28.6 Å². The molecule has 0 radical (unpaired) electrons. The summed E-state index contributed by atoms with van der Waals surface area (Å²) in [7, 11) is 1.76. The minimum absolute atomic E-state index is 0.0233. The van der Waals surface area contributed by atoms with Gasteiger partial charge >= 0.3 is 5.69 Å². The fourth-order valence-corrected chi connectivity index (χ4v) is 6.11. The van der Waals surface area contributed by atoms with E-state index in [1.807, 2.05) is 11.5 Å². The zero-order valence-electron chi connectivity index (χ0n) is 13.5. The highest BCUT2D eigenvalue weighted by atomic mass is 32.2. The molecule has 0 N–H and O–H groups in total. The van der Waals surface area contributed by atoms with E-state index in [0.29, 0.717) is 18.5 Å². The normalized spacial score (nSPS) is 25.3. The first-order valence-electron chi connectivity index (χ1n) is 8.24. The highest BCUT2D eigenvalue weighted by Crippen LogP contribution is 2.29. The number of aryl methyl sites for hydroxylation is 1. The molecule has 0 bridgehead atoms. The Morgan fingerprint density at radius 1 is 1.27 bits per heavy atom. The van der Waals surface area contributed by atoms with Crippen molar-refractivity contribution in [3.8, 4) is 0 Å². The molecule has 3 heterocycles. The van der Waals surface area contributed by atoms with Crippen LogP contribution in [0.3, 0.4) is 0 Å². The number of hydrogen-bond donors (Lipinski definition) is 0. The molecule has 1 aromatic heterocycles. The zero-order valence-corrected chi connectivity index (χ0v) is 15.2. The summed E-state index contributed by atoms with van der Waals surface area (Å²) >= 11 is 4.18. The number of likely N-dealkylation sites (tertiary alicyclic amines) is 1. The van der Waals surface area contributed by atoms with Crippen LogP contribution in [0.1, 0.15) is 31.5 Å². The molecule has 3 rings (SSSR count). The fourth-order valence-electron chi connectivity index (χ4n) is 3.49. The van der Waals surface area contributed by atoms with Crippen molar-refractivity contribution < 1.29 is 0 Å². The van der Waals surface area contributed by atoms with Gasteiger partial charge in [0, 0.05) is 55.1 Å². The van der Waals surface area contributed by atoms with Gasteiger partial charge in [0.1, 0.15) is 5.82 Å². The summed E-state index contributed by atoms with van der Waals surface area (Å²) in [6.07, 6.45) is 2.37. The minimum Gasteiger partial charge on any atom is -0.298 e. The zero-order chi connectivity index (χ0) is 15.5. The van der Waals surface area contributed by atoms with E-state index in [9.17, 15) is 4.79 Å². The predicted molar refractivity (Wildman–Crippen MR) is 95.1 cm³/mol. The van der Waals surface area contributed by atoms with Crippen molar-refractivity contribution in [1.29, 1.82) is 0 Å². The van der Waals surface area contributed by atoms with Gasteiger partial charge in [-0.1, -0.05) is 0 Å². The van der Waals surface area contributed by atoms with Crippen LogP contribution in [0.15, 0.2) is 4.79 Å². The van der Waals surface area contributed by atoms with Crippen LogP contribution in [-0.4, -0.2) is 61.4 Å². The van der Waals surface area contributed by atoms with Gasteiger partial charge in [-0.15, -0.1) is 0 Å². The number of rotatable bonds is 3. The van der Waals surface area contributed by atoms with Crippen LogP contribution in [0.5, 0.6) is 0 Å². The number of thioether (sulfide) groups is 2. The standard InChI is InChI=1S/C15H26N4OS2/c1-3-19-14(16-17(2)15(19)20)12-5-4-6-18(9-12)13-10-21-7-8-22-11-13/h12-13H,3-11H2,1-2H3/t12-/m1/s1. The summed E-state index contributed by atoms with van der Waals surface area (Å²) in [4.78, 5) is 14.8. The lowest BCUT2D eigenvalue weighted by Gasteiger charge is -2.37. The maximum Gasteiger partial charge on any atom is 0.345 e. The van der Waals surface area contributed by atoms with Crippen LogP contribution in [0, 0.1) is 0 Å². The lowest BCUT2D eigenvalue weighted by atomic mass is 9.96. The van der Waals surface area contributed by atoms with Crippen LogP contribution in [-0.2, 0) is 13.6 Å². The molecule has 0 aliphatic carbocycles. The average molecular weight is 343 g/mol. The first-order chi connectivity index (χ1) is 10.7. The second-order valence-corrected chi connectivity index (χ2v) is 8.45. The smallest absolute Gasteiger partial charge is 0.298 e. The summed E-state index contributed by atoms with van der Waals surface area (Å²) in [6, 6.07) is 0.686. The van der Waals surface area contributed by atoms with E-state index in [4.69, 9.17) is 0 Å². The fraction of sp³-hybridized carbons (Fsp3) is 0.867. The maximum absolute atomic E-state index is 12.1. The SMILES string of the molecule is CCn1c([C@@H]2CCCN(C3CSCCSC3)C2)nn(C)c1=O. The number of piperidine rings is 1.